The molecule has 1 aliphatic heterocycles. The maximum atomic E-state index is 5.49. The molecule has 3 aromatic heterocycles. The zero-order chi connectivity index (χ0) is 22.2. The lowest BCUT2D eigenvalue weighted by molar-refractivity contribution is 0.174. The van der Waals surface area contributed by atoms with Crippen molar-refractivity contribution in [2.45, 2.75) is 17.5 Å². The lowest BCUT2D eigenvalue weighted by Gasteiger charge is -2.06. The highest BCUT2D eigenvalue weighted by Gasteiger charge is 2.18. The van der Waals surface area contributed by atoms with Crippen LogP contribution in [0.1, 0.15) is 5.69 Å². The molecule has 0 aliphatic carbocycles. The van der Waals surface area contributed by atoms with Gasteiger partial charge in [0.2, 0.25) is 6.79 Å². The number of thiophene rings is 1. The van der Waals surface area contributed by atoms with Gasteiger partial charge in [0.15, 0.2) is 22.5 Å². The van der Waals surface area contributed by atoms with Gasteiger partial charge in [0.25, 0.3) is 0 Å². The number of thioether (sulfide) groups is 1. The van der Waals surface area contributed by atoms with Crippen molar-refractivity contribution >= 4 is 44.5 Å². The molecule has 6 rings (SSSR count). The summed E-state index contributed by atoms with van der Waals surface area (Å²) in [6.07, 6.45) is 1.88. The summed E-state index contributed by atoms with van der Waals surface area (Å²) in [6, 6.07) is 14.3. The molecular weight excluding hydrogens is 472 g/mol. The van der Waals surface area contributed by atoms with E-state index in [0.29, 0.717) is 12.3 Å². The second-order valence-corrected chi connectivity index (χ2v) is 10.1. The van der Waals surface area contributed by atoms with Crippen molar-refractivity contribution in [2.24, 2.45) is 0 Å². The van der Waals surface area contributed by atoms with Crippen LogP contribution in [0.4, 0.5) is 0 Å². The summed E-state index contributed by atoms with van der Waals surface area (Å²) in [5.74, 6) is 3.13. The lowest BCUT2D eigenvalue weighted by atomic mass is 10.1. The molecular formula is C24H18N4O2S3. The fourth-order valence-corrected chi connectivity index (χ4v) is 6.42. The first-order valence-corrected chi connectivity index (χ1v) is 13.0. The third kappa shape index (κ3) is 3.82. The van der Waals surface area contributed by atoms with Gasteiger partial charge in [0, 0.05) is 44.3 Å². The Morgan fingerprint density at radius 2 is 1.97 bits per heavy atom. The minimum Gasteiger partial charge on any atom is -0.454 e. The smallest absolute Gasteiger partial charge is 0.231 e. The maximum absolute atomic E-state index is 5.49. The zero-order valence-electron chi connectivity index (χ0n) is 17.4. The molecule has 0 saturated carbocycles. The van der Waals surface area contributed by atoms with Crippen LogP contribution >= 0.6 is 34.4 Å². The number of hydrogen-bond acceptors (Lipinski definition) is 8. The molecule has 164 valence electrons. The van der Waals surface area contributed by atoms with Gasteiger partial charge >= 0.3 is 0 Å². The zero-order valence-corrected chi connectivity index (χ0v) is 19.9. The molecule has 0 fully saturated rings. The molecule has 0 unspecified atom stereocenters. The fourth-order valence-electron chi connectivity index (χ4n) is 3.71. The highest BCUT2D eigenvalue weighted by atomic mass is 32.2. The van der Waals surface area contributed by atoms with E-state index in [1.165, 1.54) is 10.1 Å². The normalized spacial score (nSPS) is 12.5. The van der Waals surface area contributed by atoms with E-state index in [2.05, 4.69) is 56.4 Å². The summed E-state index contributed by atoms with van der Waals surface area (Å²) < 4.78 is 14.3. The number of thiazole rings is 1. The number of fused-ring (bicyclic) bond motifs is 2. The highest BCUT2D eigenvalue weighted by Crippen LogP contribution is 2.38. The summed E-state index contributed by atoms with van der Waals surface area (Å²) in [6.45, 7) is 4.85. The predicted molar refractivity (Wildman–Crippen MR) is 134 cm³/mol. The Hall–Kier alpha value is -3.14. The van der Waals surface area contributed by atoms with Gasteiger partial charge in [0.05, 0.1) is 5.69 Å². The van der Waals surface area contributed by atoms with Crippen LogP contribution in [0, 0.1) is 0 Å². The Balaban J connectivity index is 1.24. The fraction of sp³-hybridized carbons (Fsp3) is 0.125. The Kier molecular flexibility index (Phi) is 5.37. The quantitative estimate of drug-likeness (QED) is 0.192. The first-order chi connectivity index (χ1) is 16.3. The van der Waals surface area contributed by atoms with Crippen LogP contribution in [0.5, 0.6) is 11.5 Å². The van der Waals surface area contributed by atoms with Crippen LogP contribution in [-0.2, 0) is 12.3 Å². The Morgan fingerprint density at radius 1 is 1.06 bits per heavy atom. The lowest BCUT2D eigenvalue weighted by Crippen LogP contribution is -2.00. The molecule has 4 heterocycles. The molecule has 0 N–H and O–H groups in total. The third-order valence-corrected chi connectivity index (χ3v) is 8.17. The molecule has 5 aromatic rings. The van der Waals surface area contributed by atoms with E-state index in [0.717, 1.165) is 44.3 Å². The van der Waals surface area contributed by atoms with Gasteiger partial charge in [-0.3, -0.25) is 4.57 Å². The molecule has 0 atom stereocenters. The van der Waals surface area contributed by atoms with Gasteiger partial charge in [-0.2, -0.15) is 0 Å². The molecule has 0 radical (unpaired) electrons. The molecule has 2 aromatic carbocycles. The van der Waals surface area contributed by atoms with Crippen LogP contribution in [0.15, 0.2) is 71.0 Å². The number of allylic oxidation sites excluding steroid dienone is 1. The SMILES string of the molecule is C=CCn1c(SCc2csc(-c3ccc4c(c3)OCO4)n2)nnc1-c1csc2ccccc12. The summed E-state index contributed by atoms with van der Waals surface area (Å²) in [7, 11) is 0. The van der Waals surface area contributed by atoms with E-state index in [1.807, 2.05) is 24.3 Å². The monoisotopic (exact) mass is 490 g/mol. The van der Waals surface area contributed by atoms with Gasteiger partial charge in [-0.25, -0.2) is 4.98 Å². The van der Waals surface area contributed by atoms with Crippen LogP contribution < -0.4 is 9.47 Å². The van der Waals surface area contributed by atoms with Gasteiger partial charge in [-0.1, -0.05) is 36.0 Å². The average molecular weight is 491 g/mol. The van der Waals surface area contributed by atoms with Crippen molar-refractivity contribution in [3.63, 3.8) is 0 Å². The molecule has 0 bridgehead atoms. The van der Waals surface area contributed by atoms with E-state index in [-0.39, 0.29) is 6.79 Å². The highest BCUT2D eigenvalue weighted by molar-refractivity contribution is 7.98. The minimum absolute atomic E-state index is 0.271. The number of ether oxygens (including phenoxy) is 2. The average Bonchev–Trinajstić information content (AvgIpc) is 3.63. The second-order valence-electron chi connectivity index (χ2n) is 7.35. The summed E-state index contributed by atoms with van der Waals surface area (Å²) in [5, 5.41) is 16.3. The predicted octanol–water partition coefficient (Wildman–Crippen LogP) is 6.49. The summed E-state index contributed by atoms with van der Waals surface area (Å²) in [4.78, 5) is 4.82. The van der Waals surface area contributed by atoms with E-state index in [9.17, 15) is 0 Å². The van der Waals surface area contributed by atoms with Crippen LogP contribution in [0.25, 0.3) is 32.0 Å². The van der Waals surface area contributed by atoms with Gasteiger partial charge in [-0.05, 0) is 24.3 Å². The van der Waals surface area contributed by atoms with Gasteiger partial charge in [-0.15, -0.1) is 39.4 Å². The number of nitrogens with zero attached hydrogens (tertiary/aromatic N) is 4. The number of aromatic nitrogens is 4. The van der Waals surface area contributed by atoms with Crippen molar-refractivity contribution in [3.8, 4) is 33.5 Å². The largest absolute Gasteiger partial charge is 0.454 e. The van der Waals surface area contributed by atoms with E-state index >= 15 is 0 Å². The topological polar surface area (TPSA) is 62.1 Å². The van der Waals surface area contributed by atoms with E-state index in [4.69, 9.17) is 14.5 Å². The van der Waals surface area contributed by atoms with Crippen molar-refractivity contribution in [1.29, 1.82) is 0 Å². The molecule has 0 saturated heterocycles. The van der Waals surface area contributed by atoms with E-state index < -0.39 is 0 Å². The Morgan fingerprint density at radius 3 is 2.91 bits per heavy atom. The molecule has 1 aliphatic rings. The minimum atomic E-state index is 0.271. The van der Waals surface area contributed by atoms with Gasteiger partial charge < -0.3 is 9.47 Å². The van der Waals surface area contributed by atoms with Crippen molar-refractivity contribution in [1.82, 2.24) is 19.7 Å². The van der Waals surface area contributed by atoms with Crippen LogP contribution in [0.2, 0.25) is 0 Å². The number of benzene rings is 2. The van der Waals surface area contributed by atoms with E-state index in [1.54, 1.807) is 34.4 Å². The Bertz CT molecular complexity index is 1470. The standard InChI is InChI=1S/C24H18N4O2S3/c1-2-9-28-22(18-13-31-21-6-4-3-5-17(18)21)26-27-24(28)33-12-16-11-32-23(25-16)15-7-8-19-20(10-15)30-14-29-19/h2-8,10-11,13H,1,9,12,14H2. The molecule has 9 heteroatoms. The molecule has 0 amide bonds. The molecule has 33 heavy (non-hydrogen) atoms. The van der Waals surface area contributed by atoms with Gasteiger partial charge in [0.1, 0.15) is 5.01 Å². The summed E-state index contributed by atoms with van der Waals surface area (Å²) in [5.41, 5.74) is 3.14. The molecule has 0 spiro atoms. The third-order valence-electron chi connectivity index (χ3n) is 5.27. The second kappa shape index (κ2) is 8.66. The van der Waals surface area contributed by atoms with Crippen molar-refractivity contribution in [2.75, 3.05) is 6.79 Å². The first-order valence-electron chi connectivity index (χ1n) is 10.3. The molecule has 6 nitrogen and oxygen atoms in total. The Labute approximate surface area is 202 Å². The maximum Gasteiger partial charge on any atom is 0.231 e. The van der Waals surface area contributed by atoms with Crippen molar-refractivity contribution < 1.29 is 9.47 Å². The van der Waals surface area contributed by atoms with Crippen molar-refractivity contribution in [3.05, 3.63) is 71.6 Å². The summed E-state index contributed by atoms with van der Waals surface area (Å²) >= 11 is 4.98. The first kappa shape index (κ1) is 20.5. The number of hydrogen-bond donors (Lipinski definition) is 0. The van der Waals surface area contributed by atoms with Crippen LogP contribution in [0.3, 0.4) is 0 Å². The number of rotatable bonds is 7. The van der Waals surface area contributed by atoms with Crippen LogP contribution in [-0.4, -0.2) is 26.5 Å².